The van der Waals surface area contributed by atoms with Crippen molar-refractivity contribution in [3.8, 4) is 17.2 Å². The van der Waals surface area contributed by atoms with Crippen LogP contribution in [0.2, 0.25) is 10.0 Å². The molecule has 0 saturated carbocycles. The first-order valence-corrected chi connectivity index (χ1v) is 14.4. The lowest BCUT2D eigenvalue weighted by molar-refractivity contribution is -0.141. The fraction of sp³-hybridized carbons (Fsp3) is 0.500. The lowest BCUT2D eigenvalue weighted by Crippen LogP contribution is -2.53. The number of nitrogens with zero attached hydrogens (tertiary/aromatic N) is 3. The van der Waals surface area contributed by atoms with Crippen molar-refractivity contribution < 1.29 is 28.6 Å². The van der Waals surface area contributed by atoms with Crippen molar-refractivity contribution >= 4 is 40.9 Å². The number of piperidine rings is 2. The second kappa shape index (κ2) is 13.2. The summed E-state index contributed by atoms with van der Waals surface area (Å²) in [6, 6.07) is 8.53. The van der Waals surface area contributed by atoms with Gasteiger partial charge in [-0.2, -0.15) is 0 Å². The van der Waals surface area contributed by atoms with Crippen LogP contribution in [0.3, 0.4) is 0 Å². The number of hydrogen-bond donors (Lipinski definition) is 0. The van der Waals surface area contributed by atoms with Gasteiger partial charge in [-0.15, -0.1) is 0 Å². The van der Waals surface area contributed by atoms with Gasteiger partial charge in [0.1, 0.15) is 0 Å². The Balaban J connectivity index is 1.60. The number of likely N-dealkylation sites (tertiary alicyclic amines) is 2. The van der Waals surface area contributed by atoms with Crippen LogP contribution in [-0.4, -0.2) is 93.0 Å². The summed E-state index contributed by atoms with van der Waals surface area (Å²) in [5.41, 5.74) is 1.29. The number of carbonyl (C=O) groups excluding carboxylic acids is 3. The Hall–Kier alpha value is -3.17. The van der Waals surface area contributed by atoms with E-state index in [0.717, 1.165) is 5.56 Å². The Labute approximate surface area is 251 Å². The predicted octanol–water partition coefficient (Wildman–Crippen LogP) is 4.73. The second-order valence-electron chi connectivity index (χ2n) is 10.5. The van der Waals surface area contributed by atoms with E-state index in [1.165, 1.54) is 21.3 Å². The lowest BCUT2D eigenvalue weighted by atomic mass is 9.83. The van der Waals surface area contributed by atoms with Crippen molar-refractivity contribution in [1.29, 1.82) is 0 Å². The van der Waals surface area contributed by atoms with Crippen LogP contribution in [0.15, 0.2) is 30.3 Å². The number of benzene rings is 2. The van der Waals surface area contributed by atoms with Crippen molar-refractivity contribution in [1.82, 2.24) is 14.7 Å². The minimum atomic E-state index is -0.220. The molecule has 0 aromatic heterocycles. The summed E-state index contributed by atoms with van der Waals surface area (Å²) in [7, 11) is 6.30. The quantitative estimate of drug-likeness (QED) is 0.453. The van der Waals surface area contributed by atoms with E-state index in [1.807, 2.05) is 17.0 Å². The standard InChI is InChI=1S/C30H37Cl2N3O6/c1-18(36)34-11-8-19(9-12-34)30(38)35-13-10-25(22(17-35)20-6-7-23(31)24(32)14-20)33(2)29(37)21-15-26(39-3)28(41-5)27(16-21)40-4/h6-7,14-16,19,22,25H,8-13,17H2,1-5H3/t22-,25+/m0/s1. The largest absolute Gasteiger partial charge is 0.493 e. The number of rotatable bonds is 7. The second-order valence-corrected chi connectivity index (χ2v) is 11.3. The monoisotopic (exact) mass is 605 g/mol. The molecular weight excluding hydrogens is 569 g/mol. The van der Waals surface area contributed by atoms with Gasteiger partial charge in [-0.05, 0) is 49.1 Å². The number of halogens is 2. The van der Waals surface area contributed by atoms with Crippen molar-refractivity contribution in [2.45, 2.75) is 38.1 Å². The van der Waals surface area contributed by atoms with E-state index < -0.39 is 0 Å². The highest BCUT2D eigenvalue weighted by molar-refractivity contribution is 6.42. The molecule has 2 aliphatic rings. The molecule has 0 spiro atoms. The third-order valence-corrected chi connectivity index (χ3v) is 9.02. The zero-order chi connectivity index (χ0) is 29.8. The molecule has 9 nitrogen and oxygen atoms in total. The Morgan fingerprint density at radius 2 is 1.46 bits per heavy atom. The predicted molar refractivity (Wildman–Crippen MR) is 157 cm³/mol. The van der Waals surface area contributed by atoms with Gasteiger partial charge in [0.2, 0.25) is 17.6 Å². The highest BCUT2D eigenvalue weighted by Gasteiger charge is 2.39. The molecule has 222 valence electrons. The molecule has 41 heavy (non-hydrogen) atoms. The van der Waals surface area contributed by atoms with Gasteiger partial charge >= 0.3 is 0 Å². The van der Waals surface area contributed by atoms with Gasteiger partial charge in [0, 0.05) is 63.6 Å². The summed E-state index contributed by atoms with van der Waals surface area (Å²) in [5, 5.41) is 0.858. The topological polar surface area (TPSA) is 88.6 Å². The molecule has 2 atom stereocenters. The SMILES string of the molecule is COc1cc(C(=O)N(C)[C@@H]2CCN(C(=O)C3CCN(C(C)=O)CC3)C[C@H]2c2ccc(Cl)c(Cl)c2)cc(OC)c1OC. The van der Waals surface area contributed by atoms with Gasteiger partial charge in [-0.25, -0.2) is 0 Å². The molecule has 2 fully saturated rings. The number of hydrogen-bond acceptors (Lipinski definition) is 6. The molecule has 0 aliphatic carbocycles. The van der Waals surface area contributed by atoms with Crippen molar-refractivity contribution in [3.63, 3.8) is 0 Å². The fourth-order valence-electron chi connectivity index (χ4n) is 5.93. The summed E-state index contributed by atoms with van der Waals surface area (Å²) in [6.45, 7) is 3.68. The van der Waals surface area contributed by atoms with E-state index in [0.29, 0.717) is 78.3 Å². The van der Waals surface area contributed by atoms with E-state index >= 15 is 0 Å². The Morgan fingerprint density at radius 1 is 0.854 bits per heavy atom. The Kier molecular flexibility index (Phi) is 9.92. The Morgan fingerprint density at radius 3 is 2.00 bits per heavy atom. The van der Waals surface area contributed by atoms with Crippen LogP contribution in [0.4, 0.5) is 0 Å². The molecule has 0 bridgehead atoms. The summed E-state index contributed by atoms with van der Waals surface area (Å²) >= 11 is 12.6. The summed E-state index contributed by atoms with van der Waals surface area (Å²) < 4.78 is 16.3. The van der Waals surface area contributed by atoms with Crippen LogP contribution in [-0.2, 0) is 9.59 Å². The maximum atomic E-state index is 13.8. The fourth-order valence-corrected chi connectivity index (χ4v) is 6.24. The maximum Gasteiger partial charge on any atom is 0.254 e. The number of methoxy groups -OCH3 is 3. The third-order valence-electron chi connectivity index (χ3n) is 8.28. The van der Waals surface area contributed by atoms with Gasteiger partial charge in [-0.1, -0.05) is 29.3 Å². The van der Waals surface area contributed by atoms with E-state index in [-0.39, 0.29) is 35.6 Å². The molecule has 0 radical (unpaired) electrons. The first-order valence-electron chi connectivity index (χ1n) is 13.7. The third kappa shape index (κ3) is 6.51. The van der Waals surface area contributed by atoms with E-state index in [9.17, 15) is 14.4 Å². The molecule has 11 heteroatoms. The number of carbonyl (C=O) groups is 3. The molecule has 3 amide bonds. The highest BCUT2D eigenvalue weighted by Crippen LogP contribution is 2.40. The zero-order valence-electron chi connectivity index (χ0n) is 24.1. The zero-order valence-corrected chi connectivity index (χ0v) is 25.6. The van der Waals surface area contributed by atoms with Crippen LogP contribution in [0.25, 0.3) is 0 Å². The minimum Gasteiger partial charge on any atom is -0.493 e. The molecule has 0 N–H and O–H groups in total. The molecule has 2 heterocycles. The average molecular weight is 607 g/mol. The molecule has 2 aromatic rings. The molecule has 2 aromatic carbocycles. The summed E-state index contributed by atoms with van der Waals surface area (Å²) in [4.78, 5) is 44.6. The number of likely N-dealkylation sites (N-methyl/N-ethyl adjacent to an activating group) is 1. The van der Waals surface area contributed by atoms with Crippen LogP contribution >= 0.6 is 23.2 Å². The first kappa shape index (κ1) is 30.8. The Bertz CT molecular complexity index is 1270. The van der Waals surface area contributed by atoms with Crippen molar-refractivity contribution in [2.75, 3.05) is 54.6 Å². The van der Waals surface area contributed by atoms with Crippen LogP contribution in [0.5, 0.6) is 17.2 Å². The number of amides is 3. The van der Waals surface area contributed by atoms with E-state index in [1.54, 1.807) is 42.0 Å². The van der Waals surface area contributed by atoms with Crippen LogP contribution < -0.4 is 14.2 Å². The van der Waals surface area contributed by atoms with Crippen molar-refractivity contribution in [3.05, 3.63) is 51.5 Å². The molecule has 4 rings (SSSR count). The highest BCUT2D eigenvalue weighted by atomic mass is 35.5. The average Bonchev–Trinajstić information content (AvgIpc) is 3.00. The summed E-state index contributed by atoms with van der Waals surface area (Å²) in [5.74, 6) is 0.777. The lowest BCUT2D eigenvalue weighted by Gasteiger charge is -2.44. The van der Waals surface area contributed by atoms with Crippen molar-refractivity contribution in [2.24, 2.45) is 5.92 Å². The smallest absolute Gasteiger partial charge is 0.254 e. The van der Waals surface area contributed by atoms with Gasteiger partial charge in [-0.3, -0.25) is 14.4 Å². The van der Waals surface area contributed by atoms with Gasteiger partial charge in [0.25, 0.3) is 5.91 Å². The minimum absolute atomic E-state index is 0.0381. The maximum absolute atomic E-state index is 13.8. The summed E-state index contributed by atoms with van der Waals surface area (Å²) in [6.07, 6.45) is 1.88. The molecule has 2 aliphatic heterocycles. The molecule has 2 saturated heterocycles. The molecule has 0 unspecified atom stereocenters. The van der Waals surface area contributed by atoms with E-state index in [4.69, 9.17) is 37.4 Å². The van der Waals surface area contributed by atoms with Crippen LogP contribution in [0.1, 0.15) is 48.0 Å². The normalized spacial score (nSPS) is 19.5. The van der Waals surface area contributed by atoms with Gasteiger partial charge in [0.15, 0.2) is 11.5 Å². The van der Waals surface area contributed by atoms with Gasteiger partial charge in [0.05, 0.1) is 31.4 Å². The first-order chi connectivity index (χ1) is 19.6. The van der Waals surface area contributed by atoms with Gasteiger partial charge < -0.3 is 28.9 Å². The van der Waals surface area contributed by atoms with E-state index in [2.05, 4.69) is 0 Å². The molecular formula is C30H37Cl2N3O6. The van der Waals surface area contributed by atoms with Crippen LogP contribution in [0, 0.1) is 5.92 Å². The number of ether oxygens (including phenoxy) is 3.